The van der Waals surface area contributed by atoms with Crippen LogP contribution in [0.25, 0.3) is 28.2 Å². The van der Waals surface area contributed by atoms with Crippen LogP contribution in [-0.4, -0.2) is 19.7 Å². The Morgan fingerprint density at radius 1 is 1.00 bits per heavy atom. The summed E-state index contributed by atoms with van der Waals surface area (Å²) in [5.41, 5.74) is 6.05. The molecule has 0 bridgehead atoms. The fourth-order valence-corrected chi connectivity index (χ4v) is 2.77. The average Bonchev–Trinajstić information content (AvgIpc) is 3.24. The van der Waals surface area contributed by atoms with Gasteiger partial charge in [0, 0.05) is 5.56 Å². The zero-order valence-electron chi connectivity index (χ0n) is 13.9. The van der Waals surface area contributed by atoms with E-state index in [0.717, 1.165) is 27.9 Å². The predicted octanol–water partition coefficient (Wildman–Crippen LogP) is 4.51. The zero-order chi connectivity index (χ0) is 16.7. The Kier molecular flexibility index (Phi) is 3.41. The van der Waals surface area contributed by atoms with Crippen molar-refractivity contribution in [1.82, 2.24) is 19.7 Å². The summed E-state index contributed by atoms with van der Waals surface area (Å²) in [6.45, 7) is 6.40. The Balaban J connectivity index is 1.81. The fourth-order valence-electron chi connectivity index (χ4n) is 2.77. The van der Waals surface area contributed by atoms with Gasteiger partial charge in [0.05, 0.1) is 5.69 Å². The molecular formula is C19H18N4O. The summed E-state index contributed by atoms with van der Waals surface area (Å²) >= 11 is 0. The van der Waals surface area contributed by atoms with Crippen molar-refractivity contribution in [3.05, 3.63) is 60.2 Å². The Labute approximate surface area is 140 Å². The van der Waals surface area contributed by atoms with Crippen LogP contribution in [-0.2, 0) is 0 Å². The molecule has 5 nitrogen and oxygen atoms in total. The van der Waals surface area contributed by atoms with Crippen LogP contribution < -0.4 is 0 Å². The number of nitrogens with zero attached hydrogens (tertiary/aromatic N) is 4. The second kappa shape index (κ2) is 5.60. The van der Waals surface area contributed by atoms with E-state index in [1.807, 2.05) is 22.8 Å². The summed E-state index contributed by atoms with van der Waals surface area (Å²) in [5, 5.41) is 7.75. The molecule has 0 radical (unpaired) electrons. The van der Waals surface area contributed by atoms with Gasteiger partial charge in [-0.1, -0.05) is 26.0 Å². The number of oxazole rings is 1. The van der Waals surface area contributed by atoms with Gasteiger partial charge in [0.15, 0.2) is 5.58 Å². The Bertz CT molecular complexity index is 1000. The number of hydrogen-bond donors (Lipinski definition) is 0. The minimum atomic E-state index is 0.467. The normalized spacial score (nSPS) is 11.5. The number of aromatic nitrogens is 4. The summed E-state index contributed by atoms with van der Waals surface area (Å²) in [4.78, 5) is 4.67. The first-order chi connectivity index (χ1) is 11.6. The molecule has 0 saturated carbocycles. The van der Waals surface area contributed by atoms with Crippen molar-refractivity contribution in [2.75, 3.05) is 0 Å². The Morgan fingerprint density at radius 3 is 2.54 bits per heavy atom. The van der Waals surface area contributed by atoms with Crippen molar-refractivity contribution in [3.8, 4) is 17.1 Å². The molecule has 120 valence electrons. The van der Waals surface area contributed by atoms with Gasteiger partial charge in [0.25, 0.3) is 0 Å². The third kappa shape index (κ3) is 2.48. The molecule has 0 aliphatic rings. The van der Waals surface area contributed by atoms with Gasteiger partial charge >= 0.3 is 0 Å². The van der Waals surface area contributed by atoms with Crippen LogP contribution in [0.1, 0.15) is 30.9 Å². The minimum absolute atomic E-state index is 0.467. The lowest BCUT2D eigenvalue weighted by atomic mass is 10.0. The van der Waals surface area contributed by atoms with Gasteiger partial charge in [0.1, 0.15) is 18.2 Å². The highest BCUT2D eigenvalue weighted by atomic mass is 16.3. The number of rotatable bonds is 3. The topological polar surface area (TPSA) is 56.7 Å². The van der Waals surface area contributed by atoms with E-state index in [-0.39, 0.29) is 0 Å². The third-order valence-corrected chi connectivity index (χ3v) is 4.23. The molecule has 0 aliphatic heterocycles. The maximum atomic E-state index is 5.95. The first-order valence-electron chi connectivity index (χ1n) is 7.98. The van der Waals surface area contributed by atoms with Crippen LogP contribution in [0.2, 0.25) is 0 Å². The van der Waals surface area contributed by atoms with Crippen LogP contribution in [0.4, 0.5) is 0 Å². The van der Waals surface area contributed by atoms with Gasteiger partial charge in [-0.05, 0) is 48.2 Å². The van der Waals surface area contributed by atoms with Crippen LogP contribution in [0.3, 0.4) is 0 Å². The summed E-state index contributed by atoms with van der Waals surface area (Å²) < 4.78 is 7.84. The van der Waals surface area contributed by atoms with E-state index in [2.05, 4.69) is 54.2 Å². The van der Waals surface area contributed by atoms with Crippen molar-refractivity contribution < 1.29 is 4.42 Å². The molecule has 2 aromatic heterocycles. The molecule has 0 fully saturated rings. The van der Waals surface area contributed by atoms with E-state index in [0.29, 0.717) is 11.8 Å². The second-order valence-corrected chi connectivity index (χ2v) is 6.27. The fraction of sp³-hybridized carbons (Fsp3) is 0.211. The van der Waals surface area contributed by atoms with Crippen molar-refractivity contribution in [2.45, 2.75) is 26.7 Å². The molecule has 0 saturated heterocycles. The maximum absolute atomic E-state index is 5.95. The molecule has 4 rings (SSSR count). The second-order valence-electron chi connectivity index (χ2n) is 6.27. The minimum Gasteiger partial charge on any atom is -0.436 e. The van der Waals surface area contributed by atoms with E-state index < -0.39 is 0 Å². The molecule has 0 aliphatic carbocycles. The molecule has 4 aromatic rings. The molecule has 5 heteroatoms. The molecular weight excluding hydrogens is 300 g/mol. The van der Waals surface area contributed by atoms with E-state index in [1.54, 1.807) is 12.7 Å². The van der Waals surface area contributed by atoms with Crippen molar-refractivity contribution >= 4 is 11.1 Å². The van der Waals surface area contributed by atoms with E-state index >= 15 is 0 Å². The lowest BCUT2D eigenvalue weighted by Crippen LogP contribution is -1.94. The van der Waals surface area contributed by atoms with Gasteiger partial charge in [-0.2, -0.15) is 0 Å². The van der Waals surface area contributed by atoms with Gasteiger partial charge < -0.3 is 4.42 Å². The Hall–Kier alpha value is -2.95. The largest absolute Gasteiger partial charge is 0.436 e. The number of benzene rings is 2. The molecule has 0 N–H and O–H groups in total. The average molecular weight is 318 g/mol. The van der Waals surface area contributed by atoms with Gasteiger partial charge in [-0.15, -0.1) is 10.2 Å². The van der Waals surface area contributed by atoms with E-state index in [4.69, 9.17) is 4.42 Å². The molecule has 0 atom stereocenters. The predicted molar refractivity (Wildman–Crippen MR) is 93.2 cm³/mol. The zero-order valence-corrected chi connectivity index (χ0v) is 13.9. The summed E-state index contributed by atoms with van der Waals surface area (Å²) in [7, 11) is 0. The van der Waals surface area contributed by atoms with E-state index in [1.165, 1.54) is 5.56 Å². The highest BCUT2D eigenvalue weighted by Crippen LogP contribution is 2.29. The molecule has 0 spiro atoms. The van der Waals surface area contributed by atoms with Gasteiger partial charge in [0.2, 0.25) is 5.89 Å². The van der Waals surface area contributed by atoms with Crippen molar-refractivity contribution in [2.24, 2.45) is 0 Å². The smallest absolute Gasteiger partial charge is 0.227 e. The molecule has 2 aromatic carbocycles. The highest BCUT2D eigenvalue weighted by molar-refractivity contribution is 5.77. The molecule has 0 unspecified atom stereocenters. The van der Waals surface area contributed by atoms with Gasteiger partial charge in [-0.3, -0.25) is 4.57 Å². The third-order valence-electron chi connectivity index (χ3n) is 4.23. The van der Waals surface area contributed by atoms with E-state index in [9.17, 15) is 0 Å². The molecule has 2 heterocycles. The lowest BCUT2D eigenvalue weighted by molar-refractivity contribution is 0.619. The van der Waals surface area contributed by atoms with Gasteiger partial charge in [-0.25, -0.2) is 4.98 Å². The molecule has 0 amide bonds. The van der Waals surface area contributed by atoms with Crippen LogP contribution in [0, 0.1) is 6.92 Å². The maximum Gasteiger partial charge on any atom is 0.227 e. The standard InChI is InChI=1S/C19H18N4O/c1-12(2)14-6-7-18-16(8-14)22-19(24-18)15-5-4-13(3)17(9-15)23-10-20-21-11-23/h4-12H,1-3H3. The monoisotopic (exact) mass is 318 g/mol. The van der Waals surface area contributed by atoms with Crippen LogP contribution >= 0.6 is 0 Å². The first-order valence-corrected chi connectivity index (χ1v) is 7.98. The van der Waals surface area contributed by atoms with Crippen LogP contribution in [0.5, 0.6) is 0 Å². The van der Waals surface area contributed by atoms with Crippen molar-refractivity contribution in [3.63, 3.8) is 0 Å². The lowest BCUT2D eigenvalue weighted by Gasteiger charge is -2.07. The van der Waals surface area contributed by atoms with Crippen LogP contribution in [0.15, 0.2) is 53.5 Å². The summed E-state index contributed by atoms with van der Waals surface area (Å²) in [6.07, 6.45) is 3.38. The quantitative estimate of drug-likeness (QED) is 0.558. The highest BCUT2D eigenvalue weighted by Gasteiger charge is 2.12. The number of aryl methyl sites for hydroxylation is 1. The van der Waals surface area contributed by atoms with Crippen molar-refractivity contribution in [1.29, 1.82) is 0 Å². The number of fused-ring (bicyclic) bond motifs is 1. The first kappa shape index (κ1) is 14.6. The SMILES string of the molecule is Cc1ccc(-c2nc3cc(C(C)C)ccc3o2)cc1-n1cnnc1. The summed E-state index contributed by atoms with van der Waals surface area (Å²) in [5.74, 6) is 1.09. The molecule has 24 heavy (non-hydrogen) atoms. The summed E-state index contributed by atoms with van der Waals surface area (Å²) in [6, 6.07) is 12.3. The Morgan fingerprint density at radius 2 is 1.79 bits per heavy atom. The number of hydrogen-bond acceptors (Lipinski definition) is 4.